The molecule has 6 nitrogen and oxygen atoms in total. The Morgan fingerprint density at radius 2 is 1.85 bits per heavy atom. The second kappa shape index (κ2) is 6.81. The molecule has 1 amide bonds. The lowest BCUT2D eigenvalue weighted by atomic mass is 10.2. The number of hydrogen-bond acceptors (Lipinski definition) is 4. The van der Waals surface area contributed by atoms with Gasteiger partial charge in [-0.25, -0.2) is 14.6 Å². The van der Waals surface area contributed by atoms with Crippen LogP contribution in [-0.4, -0.2) is 25.7 Å². The predicted octanol–water partition coefficient (Wildman–Crippen LogP) is 4.34. The first-order chi connectivity index (χ1) is 13.0. The summed E-state index contributed by atoms with van der Waals surface area (Å²) in [5, 5.41) is 8.27. The number of aromatic nitrogens is 4. The van der Waals surface area contributed by atoms with Gasteiger partial charge >= 0.3 is 0 Å². The molecule has 0 radical (unpaired) electrons. The number of amides is 1. The number of halogens is 1. The lowest BCUT2D eigenvalue weighted by Crippen LogP contribution is -2.14. The monoisotopic (exact) mass is 377 g/mol. The average molecular weight is 378 g/mol. The van der Waals surface area contributed by atoms with Crippen molar-refractivity contribution in [2.24, 2.45) is 0 Å². The van der Waals surface area contributed by atoms with Gasteiger partial charge in [-0.1, -0.05) is 35.4 Å². The van der Waals surface area contributed by atoms with Gasteiger partial charge in [0, 0.05) is 12.4 Å². The SMILES string of the molecule is Cc1ccc(-n2nc(C)c3c(Cl)c(C(=O)Nc4ccccn4)cnc32)cc1. The van der Waals surface area contributed by atoms with Crippen LogP contribution in [0.5, 0.6) is 0 Å². The molecule has 1 N–H and O–H groups in total. The smallest absolute Gasteiger partial charge is 0.259 e. The van der Waals surface area contributed by atoms with Gasteiger partial charge in [0.2, 0.25) is 0 Å². The van der Waals surface area contributed by atoms with E-state index in [0.29, 0.717) is 27.6 Å². The fourth-order valence-electron chi connectivity index (χ4n) is 2.85. The topological polar surface area (TPSA) is 72.7 Å². The molecule has 3 heterocycles. The van der Waals surface area contributed by atoms with Crippen LogP contribution in [0.15, 0.2) is 54.9 Å². The van der Waals surface area contributed by atoms with Crippen LogP contribution in [0.4, 0.5) is 5.82 Å². The molecule has 4 aromatic rings. The molecule has 0 aliphatic heterocycles. The Kier molecular flexibility index (Phi) is 4.33. The summed E-state index contributed by atoms with van der Waals surface area (Å²) in [6.45, 7) is 3.87. The van der Waals surface area contributed by atoms with Crippen molar-refractivity contribution < 1.29 is 4.79 Å². The molecule has 0 saturated heterocycles. The third-order valence-corrected chi connectivity index (χ3v) is 4.63. The standard InChI is InChI=1S/C20H16ClN5O/c1-12-6-8-14(9-7-12)26-19-17(13(2)25-26)18(21)15(11-23-19)20(27)24-16-5-3-4-10-22-16/h3-11H,1-2H3,(H,22,24,27). The number of hydrogen-bond donors (Lipinski definition) is 1. The van der Waals surface area contributed by atoms with Crippen LogP contribution < -0.4 is 5.32 Å². The molecule has 0 aliphatic carbocycles. The Morgan fingerprint density at radius 3 is 2.56 bits per heavy atom. The molecule has 0 aliphatic rings. The van der Waals surface area contributed by atoms with E-state index in [0.717, 1.165) is 11.3 Å². The molecule has 0 fully saturated rings. The Bertz CT molecular complexity index is 1140. The number of benzene rings is 1. The minimum atomic E-state index is -0.365. The summed E-state index contributed by atoms with van der Waals surface area (Å²) < 4.78 is 1.73. The maximum Gasteiger partial charge on any atom is 0.259 e. The van der Waals surface area contributed by atoms with Gasteiger partial charge < -0.3 is 5.32 Å². The van der Waals surface area contributed by atoms with E-state index in [9.17, 15) is 4.79 Å². The highest BCUT2D eigenvalue weighted by Gasteiger charge is 2.20. The molecular formula is C20H16ClN5O. The van der Waals surface area contributed by atoms with Crippen LogP contribution in [0.3, 0.4) is 0 Å². The first-order valence-corrected chi connectivity index (χ1v) is 8.75. The number of nitrogens with one attached hydrogen (secondary N) is 1. The number of fused-ring (bicyclic) bond motifs is 1. The van der Waals surface area contributed by atoms with Crippen molar-refractivity contribution in [1.82, 2.24) is 19.7 Å². The van der Waals surface area contributed by atoms with E-state index in [4.69, 9.17) is 11.6 Å². The van der Waals surface area contributed by atoms with Crippen LogP contribution in [-0.2, 0) is 0 Å². The van der Waals surface area contributed by atoms with Crippen molar-refractivity contribution in [2.75, 3.05) is 5.32 Å². The van der Waals surface area contributed by atoms with Crippen molar-refractivity contribution >= 4 is 34.4 Å². The molecule has 0 unspecified atom stereocenters. The van der Waals surface area contributed by atoms with Crippen molar-refractivity contribution in [1.29, 1.82) is 0 Å². The van der Waals surface area contributed by atoms with E-state index < -0.39 is 0 Å². The highest BCUT2D eigenvalue weighted by atomic mass is 35.5. The molecular weight excluding hydrogens is 362 g/mol. The maximum absolute atomic E-state index is 12.6. The minimum Gasteiger partial charge on any atom is -0.306 e. The molecule has 134 valence electrons. The first kappa shape index (κ1) is 17.2. The van der Waals surface area contributed by atoms with Gasteiger partial charge in [0.15, 0.2) is 5.65 Å². The summed E-state index contributed by atoms with van der Waals surface area (Å²) >= 11 is 6.56. The molecule has 4 rings (SSSR count). The number of pyridine rings is 2. The van der Waals surface area contributed by atoms with E-state index in [2.05, 4.69) is 20.4 Å². The van der Waals surface area contributed by atoms with Crippen molar-refractivity contribution in [3.63, 3.8) is 0 Å². The average Bonchev–Trinajstić information content (AvgIpc) is 3.01. The van der Waals surface area contributed by atoms with Crippen LogP contribution in [0.1, 0.15) is 21.6 Å². The van der Waals surface area contributed by atoms with Crippen LogP contribution in [0, 0.1) is 13.8 Å². The quantitative estimate of drug-likeness (QED) is 0.576. The second-order valence-electron chi connectivity index (χ2n) is 6.19. The maximum atomic E-state index is 12.6. The fourth-order valence-corrected chi connectivity index (χ4v) is 3.21. The van der Waals surface area contributed by atoms with Crippen molar-refractivity contribution in [3.8, 4) is 5.69 Å². The number of aryl methyl sites for hydroxylation is 2. The highest BCUT2D eigenvalue weighted by molar-refractivity contribution is 6.39. The molecule has 3 aromatic heterocycles. The Balaban J connectivity index is 1.77. The molecule has 1 aromatic carbocycles. The largest absolute Gasteiger partial charge is 0.306 e. The zero-order valence-corrected chi connectivity index (χ0v) is 15.5. The van der Waals surface area contributed by atoms with Crippen LogP contribution >= 0.6 is 11.6 Å². The zero-order valence-electron chi connectivity index (χ0n) is 14.8. The first-order valence-electron chi connectivity index (χ1n) is 8.38. The van der Waals surface area contributed by atoms with Crippen LogP contribution in [0.25, 0.3) is 16.7 Å². The third-order valence-electron chi connectivity index (χ3n) is 4.24. The third kappa shape index (κ3) is 3.15. The number of carbonyl (C=O) groups is 1. The molecule has 27 heavy (non-hydrogen) atoms. The summed E-state index contributed by atoms with van der Waals surface area (Å²) in [6, 6.07) is 13.2. The van der Waals surface area contributed by atoms with E-state index in [1.165, 1.54) is 6.20 Å². The molecule has 0 spiro atoms. The van der Waals surface area contributed by atoms with E-state index in [1.54, 1.807) is 29.1 Å². The summed E-state index contributed by atoms with van der Waals surface area (Å²) in [7, 11) is 0. The van der Waals surface area contributed by atoms with Gasteiger partial charge in [-0.2, -0.15) is 5.10 Å². The molecule has 0 bridgehead atoms. The van der Waals surface area contributed by atoms with Gasteiger partial charge in [-0.3, -0.25) is 4.79 Å². The molecule has 0 saturated carbocycles. The summed E-state index contributed by atoms with van der Waals surface area (Å²) in [5.41, 5.74) is 3.63. The summed E-state index contributed by atoms with van der Waals surface area (Å²) in [6.07, 6.45) is 3.07. The molecule has 7 heteroatoms. The predicted molar refractivity (Wildman–Crippen MR) is 106 cm³/mol. The summed E-state index contributed by atoms with van der Waals surface area (Å²) in [5.74, 6) is 0.0846. The Hall–Kier alpha value is -3.25. The van der Waals surface area contributed by atoms with Gasteiger partial charge in [0.1, 0.15) is 5.82 Å². The van der Waals surface area contributed by atoms with E-state index >= 15 is 0 Å². The number of carbonyl (C=O) groups excluding carboxylic acids is 1. The minimum absolute atomic E-state index is 0.279. The number of nitrogens with zero attached hydrogens (tertiary/aromatic N) is 4. The van der Waals surface area contributed by atoms with Crippen molar-refractivity contribution in [3.05, 3.63) is 76.7 Å². The second-order valence-corrected chi connectivity index (χ2v) is 6.56. The zero-order chi connectivity index (χ0) is 19.0. The van der Waals surface area contributed by atoms with Gasteiger partial charge in [-0.15, -0.1) is 0 Å². The highest BCUT2D eigenvalue weighted by Crippen LogP contribution is 2.30. The fraction of sp³-hybridized carbons (Fsp3) is 0.100. The van der Waals surface area contributed by atoms with Crippen molar-refractivity contribution in [2.45, 2.75) is 13.8 Å². The Labute approximate surface area is 160 Å². The molecule has 0 atom stereocenters. The Morgan fingerprint density at radius 1 is 1.07 bits per heavy atom. The van der Waals surface area contributed by atoms with Crippen LogP contribution in [0.2, 0.25) is 5.02 Å². The lowest BCUT2D eigenvalue weighted by Gasteiger charge is -2.07. The van der Waals surface area contributed by atoms with E-state index in [1.807, 2.05) is 38.1 Å². The van der Waals surface area contributed by atoms with Gasteiger partial charge in [0.05, 0.1) is 27.4 Å². The number of anilines is 1. The normalized spacial score (nSPS) is 10.9. The van der Waals surface area contributed by atoms with E-state index in [-0.39, 0.29) is 11.5 Å². The lowest BCUT2D eigenvalue weighted by molar-refractivity contribution is 0.102. The van der Waals surface area contributed by atoms with Gasteiger partial charge in [-0.05, 0) is 38.1 Å². The summed E-state index contributed by atoms with van der Waals surface area (Å²) in [4.78, 5) is 21.2. The van der Waals surface area contributed by atoms with Gasteiger partial charge in [0.25, 0.3) is 5.91 Å². The number of rotatable bonds is 3.